The molecular weight excluding hydrogens is 320 g/mol. The zero-order chi connectivity index (χ0) is 18.1. The number of hydrazone groups is 1. The third kappa shape index (κ3) is 5.24. The Bertz CT molecular complexity index is 727. The van der Waals surface area contributed by atoms with Crippen molar-refractivity contribution < 1.29 is 19.4 Å². The monoisotopic (exact) mass is 341 g/mol. The maximum absolute atomic E-state index is 10.7. The summed E-state index contributed by atoms with van der Waals surface area (Å²) in [5.41, 5.74) is 4.43. The lowest BCUT2D eigenvalue weighted by Crippen LogP contribution is -2.21. The normalized spacial score (nSPS) is 10.6. The molecule has 25 heavy (non-hydrogen) atoms. The first kappa shape index (κ1) is 18.3. The van der Waals surface area contributed by atoms with Gasteiger partial charge < -0.3 is 19.4 Å². The Morgan fingerprint density at radius 3 is 2.56 bits per heavy atom. The second-order valence-corrected chi connectivity index (χ2v) is 5.19. The third-order valence-corrected chi connectivity index (χ3v) is 3.28. The number of carboxylic acids is 1. The molecule has 0 aliphatic rings. The molecule has 0 saturated heterocycles. The Labute approximate surface area is 147 Å². The van der Waals surface area contributed by atoms with E-state index in [1.807, 2.05) is 32.0 Å². The van der Waals surface area contributed by atoms with Gasteiger partial charge in [0.2, 0.25) is 0 Å². The standard InChI is InChI=1S/C19H22N2O4/c1-3-12-25-18-15(6-5-7-17(18)24-4-2)13-20-21-16-10-8-14(9-11-16)19(22)23/h5-11,13,21H,3-4,12H2,1-2H3,(H,22,23)/p-1/b20-13-. The number of ether oxygens (including phenoxy) is 2. The minimum Gasteiger partial charge on any atom is -0.545 e. The summed E-state index contributed by atoms with van der Waals surface area (Å²) in [6, 6.07) is 11.8. The summed E-state index contributed by atoms with van der Waals surface area (Å²) in [4.78, 5) is 10.7. The number of hydrogen-bond donors (Lipinski definition) is 1. The van der Waals surface area contributed by atoms with Crippen molar-refractivity contribution in [2.45, 2.75) is 20.3 Å². The van der Waals surface area contributed by atoms with E-state index in [2.05, 4.69) is 10.5 Å². The van der Waals surface area contributed by atoms with E-state index in [9.17, 15) is 9.90 Å². The van der Waals surface area contributed by atoms with Gasteiger partial charge in [-0.3, -0.25) is 5.43 Å². The van der Waals surface area contributed by atoms with Gasteiger partial charge in [0, 0.05) is 5.56 Å². The maximum Gasteiger partial charge on any atom is 0.169 e. The van der Waals surface area contributed by atoms with Crippen molar-refractivity contribution in [3.05, 3.63) is 53.6 Å². The van der Waals surface area contributed by atoms with Crippen molar-refractivity contribution in [2.24, 2.45) is 5.10 Å². The number of aromatic carboxylic acids is 1. The summed E-state index contributed by atoms with van der Waals surface area (Å²) in [6.45, 7) is 5.09. The van der Waals surface area contributed by atoms with Crippen LogP contribution in [-0.2, 0) is 0 Å². The fourth-order valence-electron chi connectivity index (χ4n) is 2.12. The van der Waals surface area contributed by atoms with E-state index in [-0.39, 0.29) is 5.56 Å². The molecule has 2 aromatic carbocycles. The van der Waals surface area contributed by atoms with Gasteiger partial charge in [-0.05, 0) is 43.2 Å². The molecule has 6 heteroatoms. The fourth-order valence-corrected chi connectivity index (χ4v) is 2.12. The fraction of sp³-hybridized carbons (Fsp3) is 0.263. The predicted molar refractivity (Wildman–Crippen MR) is 95.4 cm³/mol. The average Bonchev–Trinajstić information content (AvgIpc) is 2.62. The second-order valence-electron chi connectivity index (χ2n) is 5.19. The molecule has 0 saturated carbocycles. The highest BCUT2D eigenvalue weighted by Gasteiger charge is 2.09. The summed E-state index contributed by atoms with van der Waals surface area (Å²) >= 11 is 0. The van der Waals surface area contributed by atoms with E-state index in [1.54, 1.807) is 18.3 Å². The lowest BCUT2D eigenvalue weighted by atomic mass is 10.2. The van der Waals surface area contributed by atoms with Crippen LogP contribution in [0, 0.1) is 0 Å². The van der Waals surface area contributed by atoms with Gasteiger partial charge in [-0.15, -0.1) is 0 Å². The number of carbonyl (C=O) groups excluding carboxylic acids is 1. The molecule has 132 valence electrons. The summed E-state index contributed by atoms with van der Waals surface area (Å²) in [5, 5.41) is 14.9. The van der Waals surface area contributed by atoms with Crippen LogP contribution in [0.4, 0.5) is 5.69 Å². The molecule has 6 nitrogen and oxygen atoms in total. The molecule has 0 aromatic heterocycles. The van der Waals surface area contributed by atoms with Crippen molar-refractivity contribution in [3.63, 3.8) is 0 Å². The van der Waals surface area contributed by atoms with Crippen LogP contribution in [0.25, 0.3) is 0 Å². The van der Waals surface area contributed by atoms with E-state index in [4.69, 9.17) is 9.47 Å². The van der Waals surface area contributed by atoms with Gasteiger partial charge in [0.15, 0.2) is 11.5 Å². The smallest absolute Gasteiger partial charge is 0.169 e. The van der Waals surface area contributed by atoms with Crippen LogP contribution in [-0.4, -0.2) is 25.4 Å². The third-order valence-electron chi connectivity index (χ3n) is 3.28. The molecule has 1 N–H and O–H groups in total. The minimum absolute atomic E-state index is 0.120. The highest BCUT2D eigenvalue weighted by Crippen LogP contribution is 2.30. The van der Waals surface area contributed by atoms with E-state index in [0.717, 1.165) is 12.0 Å². The number of rotatable bonds is 9. The van der Waals surface area contributed by atoms with Crippen molar-refractivity contribution in [1.29, 1.82) is 0 Å². The van der Waals surface area contributed by atoms with E-state index < -0.39 is 5.97 Å². The molecule has 0 spiro atoms. The summed E-state index contributed by atoms with van der Waals surface area (Å²) in [7, 11) is 0. The second kappa shape index (κ2) is 9.32. The zero-order valence-electron chi connectivity index (χ0n) is 14.3. The molecule has 2 aromatic rings. The predicted octanol–water partition coefficient (Wildman–Crippen LogP) is 2.68. The number of benzene rings is 2. The van der Waals surface area contributed by atoms with E-state index >= 15 is 0 Å². The number of para-hydroxylation sites is 1. The average molecular weight is 341 g/mol. The van der Waals surface area contributed by atoms with Crippen molar-refractivity contribution in [2.75, 3.05) is 18.6 Å². The lowest BCUT2D eigenvalue weighted by Gasteiger charge is -2.13. The zero-order valence-corrected chi connectivity index (χ0v) is 14.3. The van der Waals surface area contributed by atoms with Gasteiger partial charge in [0.1, 0.15) is 0 Å². The molecule has 2 rings (SSSR count). The molecule has 0 unspecified atom stereocenters. The van der Waals surface area contributed by atoms with Crippen LogP contribution in [0.5, 0.6) is 11.5 Å². The minimum atomic E-state index is -1.21. The summed E-state index contributed by atoms with van der Waals surface area (Å²) < 4.78 is 11.4. The van der Waals surface area contributed by atoms with Gasteiger partial charge in [0.05, 0.1) is 31.1 Å². The van der Waals surface area contributed by atoms with Crippen LogP contribution in [0.3, 0.4) is 0 Å². The Hall–Kier alpha value is -3.02. The van der Waals surface area contributed by atoms with Gasteiger partial charge in [-0.2, -0.15) is 5.10 Å². The van der Waals surface area contributed by atoms with Crippen molar-refractivity contribution >= 4 is 17.9 Å². The first-order valence-electron chi connectivity index (χ1n) is 8.14. The number of anilines is 1. The lowest BCUT2D eigenvalue weighted by molar-refractivity contribution is -0.255. The van der Waals surface area contributed by atoms with Crippen LogP contribution in [0.2, 0.25) is 0 Å². The molecule has 0 radical (unpaired) electrons. The van der Waals surface area contributed by atoms with Gasteiger partial charge >= 0.3 is 0 Å². The summed E-state index contributed by atoms with van der Waals surface area (Å²) in [6.07, 6.45) is 2.53. The Morgan fingerprint density at radius 2 is 1.92 bits per heavy atom. The van der Waals surface area contributed by atoms with Crippen LogP contribution >= 0.6 is 0 Å². The van der Waals surface area contributed by atoms with Gasteiger partial charge in [-0.1, -0.05) is 25.1 Å². The van der Waals surface area contributed by atoms with Crippen LogP contribution in [0.1, 0.15) is 36.2 Å². The first-order valence-corrected chi connectivity index (χ1v) is 8.14. The van der Waals surface area contributed by atoms with Crippen LogP contribution < -0.4 is 20.0 Å². The highest BCUT2D eigenvalue weighted by atomic mass is 16.5. The van der Waals surface area contributed by atoms with E-state index in [1.165, 1.54) is 12.1 Å². The molecule has 0 atom stereocenters. The highest BCUT2D eigenvalue weighted by molar-refractivity contribution is 5.87. The largest absolute Gasteiger partial charge is 0.545 e. The molecule has 0 heterocycles. The topological polar surface area (TPSA) is 83.0 Å². The first-order chi connectivity index (χ1) is 12.2. The molecule has 0 aliphatic carbocycles. The van der Waals surface area contributed by atoms with Crippen molar-refractivity contribution in [3.8, 4) is 11.5 Å². The number of hydrogen-bond acceptors (Lipinski definition) is 6. The SMILES string of the molecule is CCCOc1c(/C=N\Nc2ccc(C(=O)[O-])cc2)cccc1OCC. The Morgan fingerprint density at radius 1 is 1.16 bits per heavy atom. The Kier molecular flexibility index (Phi) is 6.83. The number of nitrogens with zero attached hydrogens (tertiary/aromatic N) is 1. The Balaban J connectivity index is 2.13. The maximum atomic E-state index is 10.7. The van der Waals surface area contributed by atoms with Crippen LogP contribution in [0.15, 0.2) is 47.6 Å². The molecule has 0 bridgehead atoms. The molecular formula is C19H21N2O4-. The molecule has 0 fully saturated rings. The van der Waals surface area contributed by atoms with E-state index in [0.29, 0.717) is 30.4 Å². The number of nitrogens with one attached hydrogen (secondary N) is 1. The van der Waals surface area contributed by atoms with Gasteiger partial charge in [0.25, 0.3) is 0 Å². The summed E-state index contributed by atoms with van der Waals surface area (Å²) in [5.74, 6) is 0.128. The number of carbonyl (C=O) groups is 1. The van der Waals surface area contributed by atoms with Gasteiger partial charge in [-0.25, -0.2) is 0 Å². The quantitative estimate of drug-likeness (QED) is 0.560. The molecule has 0 aliphatic heterocycles. The number of carboxylic acid groups (broad SMARTS) is 1. The molecule has 0 amide bonds. The van der Waals surface area contributed by atoms with Crippen molar-refractivity contribution in [1.82, 2.24) is 0 Å².